The molecule has 0 unspecified atom stereocenters. The van der Waals surface area contributed by atoms with Crippen LogP contribution in [0.5, 0.6) is 0 Å². The smallest absolute Gasteiger partial charge is 0.142 e. The van der Waals surface area contributed by atoms with Gasteiger partial charge in [-0.1, -0.05) is 0 Å². The van der Waals surface area contributed by atoms with Crippen LogP contribution in [-0.4, -0.2) is 16.1 Å². The van der Waals surface area contributed by atoms with Gasteiger partial charge in [0.25, 0.3) is 0 Å². The minimum atomic E-state index is -0.383. The van der Waals surface area contributed by atoms with Crippen LogP contribution >= 0.6 is 0 Å². The average Bonchev–Trinajstić information content (AvgIpc) is 2.81. The summed E-state index contributed by atoms with van der Waals surface area (Å²) >= 11 is 0. The summed E-state index contributed by atoms with van der Waals surface area (Å²) < 4.78 is 15.1. The van der Waals surface area contributed by atoms with E-state index in [0.29, 0.717) is 17.5 Å². The lowest BCUT2D eigenvalue weighted by Crippen LogP contribution is -1.95. The van der Waals surface area contributed by atoms with Crippen LogP contribution in [0.3, 0.4) is 0 Å². The Morgan fingerprint density at radius 1 is 1.38 bits per heavy atom. The number of halogens is 1. The maximum Gasteiger partial charge on any atom is 0.142 e. The molecular formula is C12H9FN2O. The van der Waals surface area contributed by atoms with Gasteiger partial charge in [0.1, 0.15) is 12.1 Å². The molecule has 0 saturated heterocycles. The number of nitrogens with zero attached hydrogens (tertiary/aromatic N) is 2. The first-order chi connectivity index (χ1) is 7.81. The topological polar surface area (TPSA) is 34.9 Å². The van der Waals surface area contributed by atoms with Gasteiger partial charge in [0, 0.05) is 24.0 Å². The van der Waals surface area contributed by atoms with Crippen LogP contribution in [0.4, 0.5) is 4.39 Å². The Kier molecular flexibility index (Phi) is 2.91. The van der Waals surface area contributed by atoms with Gasteiger partial charge in [0.05, 0.1) is 5.69 Å². The summed E-state index contributed by atoms with van der Waals surface area (Å²) in [6.07, 6.45) is 6.65. The van der Waals surface area contributed by atoms with Crippen LogP contribution in [0.15, 0.2) is 42.7 Å². The lowest BCUT2D eigenvalue weighted by molar-refractivity contribution is -0.104. The largest absolute Gasteiger partial charge is 0.299 e. The van der Waals surface area contributed by atoms with Gasteiger partial charge in [0.15, 0.2) is 0 Å². The number of aldehydes is 1. The monoisotopic (exact) mass is 216 g/mol. The number of benzene rings is 1. The van der Waals surface area contributed by atoms with Gasteiger partial charge in [-0.3, -0.25) is 4.79 Å². The first-order valence-corrected chi connectivity index (χ1v) is 4.72. The molecule has 0 atom stereocenters. The van der Waals surface area contributed by atoms with Crippen molar-refractivity contribution < 1.29 is 9.18 Å². The Bertz CT molecular complexity index is 518. The molecule has 1 aromatic heterocycles. The van der Waals surface area contributed by atoms with Crippen molar-refractivity contribution >= 4 is 12.4 Å². The summed E-state index contributed by atoms with van der Waals surface area (Å²) in [4.78, 5) is 10.1. The number of rotatable bonds is 3. The Hall–Kier alpha value is -2.23. The minimum Gasteiger partial charge on any atom is -0.299 e. The molecule has 0 N–H and O–H groups in total. The molecule has 16 heavy (non-hydrogen) atoms. The molecule has 0 spiro atoms. The highest BCUT2D eigenvalue weighted by molar-refractivity contribution is 5.74. The van der Waals surface area contributed by atoms with Gasteiger partial charge in [-0.2, -0.15) is 5.10 Å². The lowest BCUT2D eigenvalue weighted by Gasteiger charge is -2.02. The molecule has 0 aliphatic rings. The van der Waals surface area contributed by atoms with Crippen molar-refractivity contribution in [1.82, 2.24) is 9.78 Å². The standard InChI is InChI=1S/C12H9FN2O/c13-12-9-11(15-7-2-6-14-15)5-4-10(12)3-1-8-16/h1-9H/b3-1+. The number of hydrogen-bond donors (Lipinski definition) is 0. The summed E-state index contributed by atoms with van der Waals surface area (Å²) in [6, 6.07) is 6.47. The molecule has 2 rings (SSSR count). The number of hydrogen-bond acceptors (Lipinski definition) is 2. The molecule has 0 saturated carbocycles. The third kappa shape index (κ3) is 2.06. The van der Waals surface area contributed by atoms with E-state index in [-0.39, 0.29) is 5.82 Å². The number of carbonyl (C=O) groups is 1. The molecule has 0 aliphatic carbocycles. The molecule has 1 heterocycles. The second kappa shape index (κ2) is 4.53. The van der Waals surface area contributed by atoms with Crippen molar-refractivity contribution in [2.45, 2.75) is 0 Å². The highest BCUT2D eigenvalue weighted by Crippen LogP contribution is 2.14. The Morgan fingerprint density at radius 2 is 2.25 bits per heavy atom. The van der Waals surface area contributed by atoms with Crippen molar-refractivity contribution in [3.63, 3.8) is 0 Å². The van der Waals surface area contributed by atoms with E-state index >= 15 is 0 Å². The van der Waals surface area contributed by atoms with E-state index in [9.17, 15) is 9.18 Å². The van der Waals surface area contributed by atoms with Crippen molar-refractivity contribution in [1.29, 1.82) is 0 Å². The molecule has 2 aromatic rings. The van der Waals surface area contributed by atoms with Crippen molar-refractivity contribution in [2.75, 3.05) is 0 Å². The number of carbonyl (C=O) groups excluding carboxylic acids is 1. The van der Waals surface area contributed by atoms with Gasteiger partial charge < -0.3 is 0 Å². The zero-order valence-electron chi connectivity index (χ0n) is 8.38. The zero-order valence-corrected chi connectivity index (χ0v) is 8.38. The van der Waals surface area contributed by atoms with Crippen LogP contribution in [0.2, 0.25) is 0 Å². The quantitative estimate of drug-likeness (QED) is 0.582. The Morgan fingerprint density at radius 3 is 2.88 bits per heavy atom. The van der Waals surface area contributed by atoms with Crippen LogP contribution in [0.1, 0.15) is 5.56 Å². The van der Waals surface area contributed by atoms with E-state index in [2.05, 4.69) is 5.10 Å². The second-order valence-electron chi connectivity index (χ2n) is 3.15. The third-order valence-electron chi connectivity index (χ3n) is 2.11. The fourth-order valence-corrected chi connectivity index (χ4v) is 1.36. The van der Waals surface area contributed by atoms with Crippen LogP contribution in [0, 0.1) is 5.82 Å². The van der Waals surface area contributed by atoms with E-state index < -0.39 is 0 Å². The van der Waals surface area contributed by atoms with E-state index in [1.165, 1.54) is 18.2 Å². The molecule has 3 nitrogen and oxygen atoms in total. The third-order valence-corrected chi connectivity index (χ3v) is 2.11. The Labute approximate surface area is 91.8 Å². The van der Waals surface area contributed by atoms with E-state index in [1.807, 2.05) is 0 Å². The van der Waals surface area contributed by atoms with Gasteiger partial charge in [-0.05, 0) is 30.4 Å². The molecule has 0 aliphatic heterocycles. The fourth-order valence-electron chi connectivity index (χ4n) is 1.36. The summed E-state index contributed by atoms with van der Waals surface area (Å²) in [6.45, 7) is 0. The predicted molar refractivity (Wildman–Crippen MR) is 58.6 cm³/mol. The Balaban J connectivity index is 2.36. The molecule has 4 heteroatoms. The summed E-state index contributed by atoms with van der Waals surface area (Å²) in [5.74, 6) is -0.383. The van der Waals surface area contributed by atoms with E-state index in [1.54, 1.807) is 35.3 Å². The highest BCUT2D eigenvalue weighted by Gasteiger charge is 2.02. The average molecular weight is 216 g/mol. The summed E-state index contributed by atoms with van der Waals surface area (Å²) in [5, 5.41) is 4.00. The SMILES string of the molecule is O=C/C=C/c1ccc(-n2cccn2)cc1F. The van der Waals surface area contributed by atoms with Crippen LogP contribution in [-0.2, 0) is 4.79 Å². The molecule has 0 radical (unpaired) electrons. The predicted octanol–water partition coefficient (Wildman–Crippen LogP) is 2.22. The van der Waals surface area contributed by atoms with E-state index in [4.69, 9.17) is 0 Å². The molecular weight excluding hydrogens is 207 g/mol. The van der Waals surface area contributed by atoms with Crippen molar-refractivity contribution in [2.24, 2.45) is 0 Å². The van der Waals surface area contributed by atoms with Gasteiger partial charge in [-0.25, -0.2) is 9.07 Å². The van der Waals surface area contributed by atoms with Crippen LogP contribution < -0.4 is 0 Å². The zero-order chi connectivity index (χ0) is 11.4. The van der Waals surface area contributed by atoms with Gasteiger partial charge in [-0.15, -0.1) is 0 Å². The molecule has 0 amide bonds. The van der Waals surface area contributed by atoms with Gasteiger partial charge in [0.2, 0.25) is 0 Å². The van der Waals surface area contributed by atoms with Crippen molar-refractivity contribution in [3.8, 4) is 5.69 Å². The maximum absolute atomic E-state index is 13.6. The number of allylic oxidation sites excluding steroid dienone is 1. The molecule has 1 aromatic carbocycles. The minimum absolute atomic E-state index is 0.378. The molecule has 0 fully saturated rings. The first kappa shape index (κ1) is 10.3. The first-order valence-electron chi connectivity index (χ1n) is 4.72. The van der Waals surface area contributed by atoms with Crippen molar-refractivity contribution in [3.05, 3.63) is 54.1 Å². The molecule has 80 valence electrons. The molecule has 0 bridgehead atoms. The van der Waals surface area contributed by atoms with Crippen LogP contribution in [0.25, 0.3) is 11.8 Å². The van der Waals surface area contributed by atoms with E-state index in [0.717, 1.165) is 0 Å². The number of aromatic nitrogens is 2. The summed E-state index contributed by atoms with van der Waals surface area (Å²) in [5.41, 5.74) is 1.02. The second-order valence-corrected chi connectivity index (χ2v) is 3.15. The lowest BCUT2D eigenvalue weighted by atomic mass is 10.2. The van der Waals surface area contributed by atoms with Gasteiger partial charge >= 0.3 is 0 Å². The maximum atomic E-state index is 13.6. The summed E-state index contributed by atoms with van der Waals surface area (Å²) in [7, 11) is 0. The normalized spacial score (nSPS) is 10.8. The highest BCUT2D eigenvalue weighted by atomic mass is 19.1. The fraction of sp³-hybridized carbons (Fsp3) is 0.